The predicted molar refractivity (Wildman–Crippen MR) is 62.3 cm³/mol. The van der Waals surface area contributed by atoms with Gasteiger partial charge in [-0.15, -0.1) is 0 Å². The van der Waals surface area contributed by atoms with Crippen molar-refractivity contribution in [3.63, 3.8) is 0 Å². The highest BCUT2D eigenvalue weighted by atomic mass is 127. The first-order valence-corrected chi connectivity index (χ1v) is 6.23. The van der Waals surface area contributed by atoms with Crippen LogP contribution >= 0.6 is 22.6 Å². The Kier molecular flexibility index (Phi) is 4.14. The molecular weight excluding hydrogens is 313 g/mol. The van der Waals surface area contributed by atoms with Gasteiger partial charge in [-0.2, -0.15) is 0 Å². The SMILES string of the molecule is CCN1C(=O)N(CC)C(O)N(CI)C1=O. The fourth-order valence-corrected chi connectivity index (χ4v) is 2.08. The molecule has 1 aliphatic rings. The van der Waals surface area contributed by atoms with Crippen LogP contribution in [0.1, 0.15) is 13.8 Å². The molecule has 15 heavy (non-hydrogen) atoms. The second-order valence-corrected chi connectivity index (χ2v) is 3.71. The summed E-state index contributed by atoms with van der Waals surface area (Å²) < 4.78 is 0.345. The average molecular weight is 327 g/mol. The number of nitrogens with zero attached hydrogens (tertiary/aromatic N) is 3. The van der Waals surface area contributed by atoms with Crippen LogP contribution in [0.5, 0.6) is 0 Å². The molecule has 4 amide bonds. The molecule has 0 aromatic rings. The van der Waals surface area contributed by atoms with Gasteiger partial charge in [-0.25, -0.2) is 14.5 Å². The van der Waals surface area contributed by atoms with Gasteiger partial charge in [0.2, 0.25) is 6.35 Å². The maximum Gasteiger partial charge on any atom is 0.332 e. The molecular formula is C8H14IN3O3. The zero-order valence-corrected chi connectivity index (χ0v) is 10.8. The fourth-order valence-electron chi connectivity index (χ4n) is 1.44. The quantitative estimate of drug-likeness (QED) is 0.475. The highest BCUT2D eigenvalue weighted by molar-refractivity contribution is 14.1. The van der Waals surface area contributed by atoms with Gasteiger partial charge in [0.25, 0.3) is 0 Å². The van der Waals surface area contributed by atoms with Crippen molar-refractivity contribution in [2.24, 2.45) is 0 Å². The Labute approximate surface area is 102 Å². The van der Waals surface area contributed by atoms with Crippen molar-refractivity contribution in [1.29, 1.82) is 0 Å². The average Bonchev–Trinajstić information content (AvgIpc) is 2.19. The molecule has 86 valence electrons. The van der Waals surface area contributed by atoms with Crippen LogP contribution in [0.3, 0.4) is 0 Å². The standard InChI is InChI=1S/C8H14IN3O3/c1-3-10-6(13)11(4-2)8(15)12(5-9)7(10)14/h7,14H,3-5H2,1-2H3. The van der Waals surface area contributed by atoms with Crippen molar-refractivity contribution >= 4 is 34.7 Å². The lowest BCUT2D eigenvalue weighted by atomic mass is 10.4. The Balaban J connectivity index is 2.98. The van der Waals surface area contributed by atoms with Gasteiger partial charge in [0.05, 0.1) is 4.55 Å². The van der Waals surface area contributed by atoms with Crippen LogP contribution in [0.2, 0.25) is 0 Å². The third kappa shape index (κ3) is 2.03. The maximum absolute atomic E-state index is 11.7. The van der Waals surface area contributed by atoms with Gasteiger partial charge >= 0.3 is 12.1 Å². The summed E-state index contributed by atoms with van der Waals surface area (Å²) in [7, 11) is 0. The van der Waals surface area contributed by atoms with Crippen LogP contribution in [0.4, 0.5) is 9.59 Å². The van der Waals surface area contributed by atoms with E-state index in [9.17, 15) is 14.7 Å². The van der Waals surface area contributed by atoms with E-state index in [1.807, 2.05) is 22.6 Å². The second kappa shape index (κ2) is 4.97. The number of imide groups is 1. The Morgan fingerprint density at radius 2 is 1.73 bits per heavy atom. The second-order valence-electron chi connectivity index (χ2n) is 3.03. The smallest absolute Gasteiger partial charge is 0.332 e. The van der Waals surface area contributed by atoms with Gasteiger partial charge in [0, 0.05) is 13.1 Å². The Morgan fingerprint density at radius 1 is 1.20 bits per heavy atom. The highest BCUT2D eigenvalue weighted by Gasteiger charge is 2.41. The fraction of sp³-hybridized carbons (Fsp3) is 0.750. The number of amides is 4. The first-order valence-electron chi connectivity index (χ1n) is 4.71. The Hall–Kier alpha value is -0.570. The molecule has 1 atom stereocenters. The van der Waals surface area contributed by atoms with Crippen molar-refractivity contribution in [3.05, 3.63) is 0 Å². The number of hydrogen-bond acceptors (Lipinski definition) is 3. The van der Waals surface area contributed by atoms with E-state index in [2.05, 4.69) is 0 Å². The summed E-state index contributed by atoms with van der Waals surface area (Å²) in [5, 5.41) is 9.76. The lowest BCUT2D eigenvalue weighted by Gasteiger charge is -2.43. The lowest BCUT2D eigenvalue weighted by molar-refractivity contribution is -0.0817. The molecule has 0 aromatic carbocycles. The monoisotopic (exact) mass is 327 g/mol. The van der Waals surface area contributed by atoms with Crippen molar-refractivity contribution < 1.29 is 14.7 Å². The topological polar surface area (TPSA) is 64.1 Å². The summed E-state index contributed by atoms with van der Waals surface area (Å²) in [5.74, 6) is 0. The van der Waals surface area contributed by atoms with Crippen molar-refractivity contribution in [3.8, 4) is 0 Å². The van der Waals surface area contributed by atoms with Gasteiger partial charge in [-0.1, -0.05) is 22.6 Å². The van der Waals surface area contributed by atoms with Gasteiger partial charge in [-0.05, 0) is 13.8 Å². The molecule has 0 aromatic heterocycles. The maximum atomic E-state index is 11.7. The molecule has 0 bridgehead atoms. The molecule has 1 heterocycles. The summed E-state index contributed by atoms with van der Waals surface area (Å²) in [4.78, 5) is 27.0. The third-order valence-corrected chi connectivity index (χ3v) is 3.03. The largest absolute Gasteiger partial charge is 0.356 e. The van der Waals surface area contributed by atoms with E-state index >= 15 is 0 Å². The summed E-state index contributed by atoms with van der Waals surface area (Å²) in [6.07, 6.45) is -1.14. The van der Waals surface area contributed by atoms with Gasteiger partial charge in [0.1, 0.15) is 0 Å². The summed E-state index contributed by atoms with van der Waals surface area (Å²) >= 11 is 1.98. The number of urea groups is 2. The molecule has 0 aliphatic carbocycles. The van der Waals surface area contributed by atoms with Gasteiger partial charge in [-0.3, -0.25) is 9.80 Å². The summed E-state index contributed by atoms with van der Waals surface area (Å²) in [6, 6.07) is -0.868. The van der Waals surface area contributed by atoms with E-state index in [4.69, 9.17) is 0 Å². The number of alkyl halides is 1. The lowest BCUT2D eigenvalue weighted by Crippen LogP contribution is -2.65. The number of carbonyl (C=O) groups excluding carboxylic acids is 2. The summed E-state index contributed by atoms with van der Waals surface area (Å²) in [5.41, 5.74) is 0. The van der Waals surface area contributed by atoms with E-state index in [0.29, 0.717) is 17.6 Å². The predicted octanol–water partition coefficient (Wildman–Crippen LogP) is 0.854. The number of halogens is 1. The normalized spacial score (nSPS) is 22.7. The first-order chi connectivity index (χ1) is 7.08. The minimum Gasteiger partial charge on any atom is -0.356 e. The molecule has 1 aliphatic heterocycles. The molecule has 1 rings (SSSR count). The molecule has 6 nitrogen and oxygen atoms in total. The molecule has 1 unspecified atom stereocenters. The van der Waals surface area contributed by atoms with Crippen LogP contribution in [0, 0.1) is 0 Å². The molecule has 7 heteroatoms. The Morgan fingerprint density at radius 3 is 2.13 bits per heavy atom. The van der Waals surface area contributed by atoms with Crippen LogP contribution in [-0.2, 0) is 0 Å². The van der Waals surface area contributed by atoms with E-state index in [-0.39, 0.29) is 0 Å². The highest BCUT2D eigenvalue weighted by Crippen LogP contribution is 2.18. The number of carbonyl (C=O) groups is 2. The van der Waals surface area contributed by atoms with Crippen LogP contribution < -0.4 is 0 Å². The molecule has 1 N–H and O–H groups in total. The van der Waals surface area contributed by atoms with Crippen LogP contribution in [0.15, 0.2) is 0 Å². The van der Waals surface area contributed by atoms with Crippen LogP contribution in [0.25, 0.3) is 0 Å². The van der Waals surface area contributed by atoms with Crippen molar-refractivity contribution in [2.45, 2.75) is 20.2 Å². The zero-order chi connectivity index (χ0) is 11.6. The number of rotatable bonds is 3. The first kappa shape index (κ1) is 12.5. The molecule has 0 radical (unpaired) electrons. The third-order valence-electron chi connectivity index (χ3n) is 2.30. The van der Waals surface area contributed by atoms with E-state index in [1.165, 1.54) is 9.80 Å². The molecule has 1 saturated heterocycles. The number of aliphatic hydroxyl groups is 1. The molecule has 1 fully saturated rings. The minimum atomic E-state index is -1.14. The zero-order valence-electron chi connectivity index (χ0n) is 8.68. The summed E-state index contributed by atoms with van der Waals surface area (Å²) in [6.45, 7) is 4.17. The van der Waals surface area contributed by atoms with E-state index in [1.54, 1.807) is 13.8 Å². The van der Waals surface area contributed by atoms with Gasteiger partial charge < -0.3 is 5.11 Å². The Bertz CT molecular complexity index is 250. The molecule has 0 saturated carbocycles. The minimum absolute atomic E-state index is 0.314. The van der Waals surface area contributed by atoms with Crippen molar-refractivity contribution in [1.82, 2.24) is 14.7 Å². The van der Waals surface area contributed by atoms with Crippen molar-refractivity contribution in [2.75, 3.05) is 17.6 Å². The number of hydrogen-bond donors (Lipinski definition) is 1. The van der Waals surface area contributed by atoms with E-state index < -0.39 is 18.4 Å². The molecule has 0 spiro atoms. The van der Waals surface area contributed by atoms with E-state index in [0.717, 1.165) is 4.90 Å². The van der Waals surface area contributed by atoms with Crippen LogP contribution in [-0.4, -0.2) is 55.9 Å². The van der Waals surface area contributed by atoms with Gasteiger partial charge in [0.15, 0.2) is 0 Å². The number of aliphatic hydroxyl groups excluding tert-OH is 1.